The number of hydrogen-bond acceptors (Lipinski definition) is 3. The molecule has 0 aromatic heterocycles. The molecule has 0 amide bonds. The van der Waals surface area contributed by atoms with Crippen molar-refractivity contribution in [2.45, 2.75) is 19.4 Å². The van der Waals surface area contributed by atoms with Gasteiger partial charge < -0.3 is 10.5 Å². The largest absolute Gasteiger partial charge is 0.495 e. The summed E-state index contributed by atoms with van der Waals surface area (Å²) in [4.78, 5) is 2.45. The van der Waals surface area contributed by atoms with Crippen molar-refractivity contribution < 1.29 is 4.74 Å². The molecule has 1 heterocycles. The molecular formula is C14H21ClN2O. The van der Waals surface area contributed by atoms with Crippen LogP contribution in [0.5, 0.6) is 5.75 Å². The average Bonchev–Trinajstić information content (AvgIpc) is 2.77. The molecule has 1 aliphatic rings. The number of rotatable bonds is 4. The van der Waals surface area contributed by atoms with E-state index in [0.29, 0.717) is 17.3 Å². The topological polar surface area (TPSA) is 38.5 Å². The average molecular weight is 269 g/mol. The van der Waals surface area contributed by atoms with Crippen LogP contribution >= 0.6 is 11.6 Å². The molecule has 1 aromatic rings. The summed E-state index contributed by atoms with van der Waals surface area (Å²) in [7, 11) is 1.63. The van der Waals surface area contributed by atoms with Crippen LogP contribution in [0.15, 0.2) is 18.2 Å². The quantitative estimate of drug-likeness (QED) is 0.913. The summed E-state index contributed by atoms with van der Waals surface area (Å²) < 4.78 is 5.18. The first-order valence-corrected chi connectivity index (χ1v) is 6.81. The molecule has 18 heavy (non-hydrogen) atoms. The van der Waals surface area contributed by atoms with Gasteiger partial charge in [-0.2, -0.15) is 0 Å². The van der Waals surface area contributed by atoms with Crippen molar-refractivity contribution in [2.24, 2.45) is 11.7 Å². The van der Waals surface area contributed by atoms with Gasteiger partial charge in [-0.25, -0.2) is 0 Å². The lowest BCUT2D eigenvalue weighted by Gasteiger charge is -2.27. The maximum Gasteiger partial charge on any atom is 0.137 e. The number of halogens is 1. The molecule has 0 saturated carbocycles. The second-order valence-corrected chi connectivity index (χ2v) is 5.44. The zero-order valence-corrected chi connectivity index (χ0v) is 11.8. The fraction of sp³-hybridized carbons (Fsp3) is 0.571. The second-order valence-electron chi connectivity index (χ2n) is 5.03. The van der Waals surface area contributed by atoms with E-state index < -0.39 is 0 Å². The van der Waals surface area contributed by atoms with E-state index >= 15 is 0 Å². The standard InChI is InChI=1S/C14H21ClN2O/c1-10-5-6-17(9-10)13(8-16)11-3-4-14(18-2)12(15)7-11/h3-4,7,10,13H,5-6,8-9,16H2,1-2H3. The monoisotopic (exact) mass is 268 g/mol. The lowest BCUT2D eigenvalue weighted by molar-refractivity contribution is 0.243. The van der Waals surface area contributed by atoms with Crippen LogP contribution in [-0.4, -0.2) is 31.6 Å². The van der Waals surface area contributed by atoms with Gasteiger partial charge in [-0.15, -0.1) is 0 Å². The molecule has 3 nitrogen and oxygen atoms in total. The van der Waals surface area contributed by atoms with E-state index in [2.05, 4.69) is 17.9 Å². The van der Waals surface area contributed by atoms with Crippen LogP contribution in [0.2, 0.25) is 5.02 Å². The van der Waals surface area contributed by atoms with Gasteiger partial charge in [-0.3, -0.25) is 4.90 Å². The second kappa shape index (κ2) is 5.91. The molecule has 1 saturated heterocycles. The predicted molar refractivity (Wildman–Crippen MR) is 75.2 cm³/mol. The first-order chi connectivity index (χ1) is 8.65. The van der Waals surface area contributed by atoms with Crippen LogP contribution < -0.4 is 10.5 Å². The Kier molecular flexibility index (Phi) is 4.49. The van der Waals surface area contributed by atoms with E-state index in [0.717, 1.165) is 19.0 Å². The highest BCUT2D eigenvalue weighted by Gasteiger charge is 2.26. The summed E-state index contributed by atoms with van der Waals surface area (Å²) in [6.45, 7) is 5.14. The minimum atomic E-state index is 0.262. The molecule has 0 bridgehead atoms. The van der Waals surface area contributed by atoms with Crippen molar-refractivity contribution >= 4 is 11.6 Å². The molecule has 0 spiro atoms. The van der Waals surface area contributed by atoms with E-state index in [1.165, 1.54) is 12.0 Å². The Bertz CT molecular complexity index is 411. The van der Waals surface area contributed by atoms with Crippen LogP contribution in [-0.2, 0) is 0 Å². The molecule has 2 atom stereocenters. The molecule has 0 aliphatic carbocycles. The van der Waals surface area contributed by atoms with Crippen molar-refractivity contribution in [1.82, 2.24) is 4.90 Å². The van der Waals surface area contributed by atoms with Crippen molar-refractivity contribution in [1.29, 1.82) is 0 Å². The smallest absolute Gasteiger partial charge is 0.137 e. The summed E-state index contributed by atoms with van der Waals surface area (Å²) in [6, 6.07) is 6.21. The summed E-state index contributed by atoms with van der Waals surface area (Å²) in [5, 5.41) is 0.653. The molecule has 1 fully saturated rings. The number of benzene rings is 1. The van der Waals surface area contributed by atoms with Gasteiger partial charge in [0.25, 0.3) is 0 Å². The number of hydrogen-bond donors (Lipinski definition) is 1. The molecule has 100 valence electrons. The SMILES string of the molecule is COc1ccc(C(CN)N2CCC(C)C2)cc1Cl. The zero-order chi connectivity index (χ0) is 13.1. The van der Waals surface area contributed by atoms with Crippen LogP contribution in [0.3, 0.4) is 0 Å². The predicted octanol–water partition coefficient (Wildman–Crippen LogP) is 2.69. The Morgan fingerprint density at radius 3 is 2.83 bits per heavy atom. The molecule has 1 aliphatic heterocycles. The van der Waals surface area contributed by atoms with Crippen molar-refractivity contribution in [2.75, 3.05) is 26.7 Å². The van der Waals surface area contributed by atoms with Crippen LogP contribution in [0.1, 0.15) is 24.9 Å². The van der Waals surface area contributed by atoms with Gasteiger partial charge in [0.2, 0.25) is 0 Å². The summed E-state index contributed by atoms with van der Waals surface area (Å²) in [6.07, 6.45) is 1.25. The van der Waals surface area contributed by atoms with E-state index in [1.54, 1.807) is 7.11 Å². The zero-order valence-electron chi connectivity index (χ0n) is 11.0. The number of nitrogens with zero attached hydrogens (tertiary/aromatic N) is 1. The maximum absolute atomic E-state index is 6.18. The van der Waals surface area contributed by atoms with Crippen molar-refractivity contribution in [3.8, 4) is 5.75 Å². The number of methoxy groups -OCH3 is 1. The molecule has 2 rings (SSSR count). The van der Waals surface area contributed by atoms with Gasteiger partial charge in [0.1, 0.15) is 5.75 Å². The van der Waals surface area contributed by atoms with Gasteiger partial charge in [-0.05, 0) is 36.6 Å². The highest BCUT2D eigenvalue weighted by atomic mass is 35.5. The van der Waals surface area contributed by atoms with Crippen LogP contribution in [0, 0.1) is 5.92 Å². The fourth-order valence-corrected chi connectivity index (χ4v) is 2.90. The first-order valence-electron chi connectivity index (χ1n) is 6.43. The van der Waals surface area contributed by atoms with Crippen molar-refractivity contribution in [3.63, 3.8) is 0 Å². The molecule has 2 N–H and O–H groups in total. The minimum absolute atomic E-state index is 0.262. The van der Waals surface area contributed by atoms with E-state index in [4.69, 9.17) is 22.1 Å². The lowest BCUT2D eigenvalue weighted by Crippen LogP contribution is -2.31. The fourth-order valence-electron chi connectivity index (χ4n) is 2.64. The van der Waals surface area contributed by atoms with Crippen LogP contribution in [0.25, 0.3) is 0 Å². The first kappa shape index (κ1) is 13.7. The van der Waals surface area contributed by atoms with Crippen LogP contribution in [0.4, 0.5) is 0 Å². The van der Waals surface area contributed by atoms with Gasteiger partial charge in [0, 0.05) is 19.1 Å². The Morgan fingerprint density at radius 1 is 1.56 bits per heavy atom. The minimum Gasteiger partial charge on any atom is -0.495 e. The summed E-state index contributed by atoms with van der Waals surface area (Å²) >= 11 is 6.18. The third kappa shape index (κ3) is 2.79. The van der Waals surface area contributed by atoms with E-state index in [1.807, 2.05) is 12.1 Å². The van der Waals surface area contributed by atoms with E-state index in [-0.39, 0.29) is 6.04 Å². The van der Waals surface area contributed by atoms with Crippen molar-refractivity contribution in [3.05, 3.63) is 28.8 Å². The normalized spacial score (nSPS) is 22.1. The summed E-state index contributed by atoms with van der Waals surface area (Å²) in [5.74, 6) is 1.47. The number of likely N-dealkylation sites (tertiary alicyclic amines) is 1. The lowest BCUT2D eigenvalue weighted by atomic mass is 10.1. The van der Waals surface area contributed by atoms with E-state index in [9.17, 15) is 0 Å². The third-order valence-corrected chi connectivity index (χ3v) is 3.98. The Labute approximate surface area is 114 Å². The van der Waals surface area contributed by atoms with Gasteiger partial charge in [0.05, 0.1) is 12.1 Å². The number of ether oxygens (including phenoxy) is 1. The Morgan fingerprint density at radius 2 is 2.33 bits per heavy atom. The Hall–Kier alpha value is -0.770. The van der Waals surface area contributed by atoms with Gasteiger partial charge in [-0.1, -0.05) is 24.6 Å². The van der Waals surface area contributed by atoms with Gasteiger partial charge >= 0.3 is 0 Å². The molecule has 0 radical (unpaired) electrons. The Balaban J connectivity index is 2.19. The molecular weight excluding hydrogens is 248 g/mol. The molecule has 4 heteroatoms. The third-order valence-electron chi connectivity index (χ3n) is 3.68. The maximum atomic E-state index is 6.18. The molecule has 2 unspecified atom stereocenters. The number of nitrogens with two attached hydrogens (primary N) is 1. The highest BCUT2D eigenvalue weighted by Crippen LogP contribution is 2.31. The highest BCUT2D eigenvalue weighted by molar-refractivity contribution is 6.32. The van der Waals surface area contributed by atoms with Gasteiger partial charge in [0.15, 0.2) is 0 Å². The molecule has 1 aromatic carbocycles. The summed E-state index contributed by atoms with van der Waals surface area (Å²) in [5.41, 5.74) is 7.11.